The number of benzene rings is 2. The molecule has 4 rings (SSSR count). The van der Waals surface area contributed by atoms with Gasteiger partial charge in [-0.3, -0.25) is 0 Å². The molecule has 2 aliphatic rings. The van der Waals surface area contributed by atoms with E-state index in [0.29, 0.717) is 5.57 Å². The number of rotatable bonds is 3. The number of halogens is 1. The lowest BCUT2D eigenvalue weighted by molar-refractivity contribution is -0.462. The number of nitrogens with zero attached hydrogens (tertiary/aromatic N) is 2. The SMILES string of the molecule is CN(C)c1ccc2c(c1)C(C)(C)C1=CC(=[N+](C)C)C=CC1=C2c1c(F)cccc1C(=O)O. The Hall–Kier alpha value is -3.47. The standard InChI is InChI=1S/C27H27FN2O2/c1-27(2)21-14-16(29(3)4)10-12-18(21)24(19-13-11-17(30(5)6)15-22(19)27)25-20(26(31)32)8-7-9-23(25)28/h7-15H,1-6H3/p+1. The Labute approximate surface area is 188 Å². The minimum Gasteiger partial charge on any atom is -0.478 e. The first kappa shape index (κ1) is 21.8. The van der Waals surface area contributed by atoms with Crippen molar-refractivity contribution in [2.45, 2.75) is 19.3 Å². The van der Waals surface area contributed by atoms with Crippen molar-refractivity contribution in [3.05, 3.63) is 93.8 Å². The zero-order chi connectivity index (χ0) is 23.4. The van der Waals surface area contributed by atoms with Gasteiger partial charge < -0.3 is 10.0 Å². The van der Waals surface area contributed by atoms with Crippen LogP contribution in [-0.2, 0) is 5.41 Å². The molecule has 164 valence electrons. The molecule has 0 atom stereocenters. The predicted molar refractivity (Wildman–Crippen MR) is 128 cm³/mol. The molecular formula is C27H28FN2O2+. The maximum absolute atomic E-state index is 15.3. The molecule has 4 nitrogen and oxygen atoms in total. The van der Waals surface area contributed by atoms with E-state index in [2.05, 4.69) is 26.0 Å². The van der Waals surface area contributed by atoms with Crippen molar-refractivity contribution < 1.29 is 18.9 Å². The van der Waals surface area contributed by atoms with Gasteiger partial charge in [0, 0.05) is 48.5 Å². The fourth-order valence-corrected chi connectivity index (χ4v) is 4.61. The number of carboxylic acid groups (broad SMARTS) is 1. The molecule has 0 amide bonds. The summed E-state index contributed by atoms with van der Waals surface area (Å²) in [6.07, 6.45) is 6.11. The van der Waals surface area contributed by atoms with Gasteiger partial charge in [-0.2, -0.15) is 0 Å². The number of allylic oxidation sites excluding steroid dienone is 5. The Morgan fingerprint density at radius 1 is 1.09 bits per heavy atom. The number of fused-ring (bicyclic) bond motifs is 2. The van der Waals surface area contributed by atoms with E-state index in [1.165, 1.54) is 18.2 Å². The van der Waals surface area contributed by atoms with Gasteiger partial charge in [0.2, 0.25) is 0 Å². The second kappa shape index (κ2) is 7.59. The number of carbonyl (C=O) groups is 1. The molecule has 0 heterocycles. The third-order valence-electron chi connectivity index (χ3n) is 6.42. The minimum atomic E-state index is -1.14. The molecule has 0 spiro atoms. The summed E-state index contributed by atoms with van der Waals surface area (Å²) in [6.45, 7) is 4.33. The second-order valence-corrected chi connectivity index (χ2v) is 9.22. The van der Waals surface area contributed by atoms with Gasteiger partial charge in [-0.25, -0.2) is 13.8 Å². The molecule has 2 aromatic carbocycles. The summed E-state index contributed by atoms with van der Waals surface area (Å²) in [6, 6.07) is 10.4. The topological polar surface area (TPSA) is 43.5 Å². The third kappa shape index (κ3) is 3.29. The average molecular weight is 432 g/mol. The summed E-state index contributed by atoms with van der Waals surface area (Å²) in [4.78, 5) is 14.1. The quantitative estimate of drug-likeness (QED) is 0.704. The van der Waals surface area contributed by atoms with Gasteiger partial charge in [-0.1, -0.05) is 26.0 Å². The number of anilines is 1. The zero-order valence-corrected chi connectivity index (χ0v) is 19.3. The second-order valence-electron chi connectivity index (χ2n) is 9.22. The first-order valence-electron chi connectivity index (χ1n) is 10.6. The molecule has 2 aromatic rings. The van der Waals surface area contributed by atoms with Gasteiger partial charge in [0.25, 0.3) is 0 Å². The lowest BCUT2D eigenvalue weighted by Crippen LogP contribution is -2.31. The van der Waals surface area contributed by atoms with Crippen LogP contribution in [0.3, 0.4) is 0 Å². The first-order chi connectivity index (χ1) is 15.0. The Morgan fingerprint density at radius 3 is 2.44 bits per heavy atom. The molecule has 0 fully saturated rings. The Bertz CT molecular complexity index is 1270. The van der Waals surface area contributed by atoms with Crippen LogP contribution < -0.4 is 4.90 Å². The van der Waals surface area contributed by atoms with Crippen molar-refractivity contribution in [1.29, 1.82) is 0 Å². The van der Waals surface area contributed by atoms with Gasteiger partial charge in [0.05, 0.1) is 5.56 Å². The van der Waals surface area contributed by atoms with Crippen molar-refractivity contribution in [2.24, 2.45) is 0 Å². The Morgan fingerprint density at radius 2 is 1.81 bits per heavy atom. The lowest BCUT2D eigenvalue weighted by atomic mass is 9.64. The molecule has 32 heavy (non-hydrogen) atoms. The van der Waals surface area contributed by atoms with Crippen molar-refractivity contribution >= 4 is 22.9 Å². The molecule has 0 aromatic heterocycles. The first-order valence-corrected chi connectivity index (χ1v) is 10.6. The van der Waals surface area contributed by atoms with Crippen LogP contribution >= 0.6 is 0 Å². The molecule has 0 aliphatic heterocycles. The van der Waals surface area contributed by atoms with Crippen molar-refractivity contribution in [2.75, 3.05) is 33.1 Å². The van der Waals surface area contributed by atoms with E-state index in [1.807, 2.05) is 62.0 Å². The molecule has 0 unspecified atom stereocenters. The van der Waals surface area contributed by atoms with Crippen molar-refractivity contribution in [1.82, 2.24) is 0 Å². The fraction of sp³-hybridized carbons (Fsp3) is 0.259. The molecule has 2 aliphatic carbocycles. The number of hydrogen-bond donors (Lipinski definition) is 1. The van der Waals surface area contributed by atoms with Gasteiger partial charge in [0.15, 0.2) is 5.71 Å². The smallest absolute Gasteiger partial charge is 0.336 e. The molecule has 0 radical (unpaired) electrons. The molecule has 0 saturated carbocycles. The number of hydrogen-bond acceptors (Lipinski definition) is 2. The van der Waals surface area contributed by atoms with Crippen LogP contribution in [-0.4, -0.2) is 49.6 Å². The predicted octanol–water partition coefficient (Wildman–Crippen LogP) is 4.89. The van der Waals surface area contributed by atoms with Gasteiger partial charge in [-0.05, 0) is 52.6 Å². The van der Waals surface area contributed by atoms with E-state index < -0.39 is 11.8 Å². The van der Waals surface area contributed by atoms with E-state index in [9.17, 15) is 9.90 Å². The summed E-state index contributed by atoms with van der Waals surface area (Å²) in [5.41, 5.74) is 6.24. The van der Waals surface area contributed by atoms with Crippen LogP contribution in [0.25, 0.3) is 5.57 Å². The Kier molecular flexibility index (Phi) is 5.16. The van der Waals surface area contributed by atoms with Crippen molar-refractivity contribution in [3.63, 3.8) is 0 Å². The normalized spacial score (nSPS) is 16.3. The van der Waals surface area contributed by atoms with Crippen LogP contribution in [0.5, 0.6) is 0 Å². The van der Waals surface area contributed by atoms with Crippen LogP contribution in [0, 0.1) is 5.82 Å². The third-order valence-corrected chi connectivity index (χ3v) is 6.42. The highest BCUT2D eigenvalue weighted by molar-refractivity contribution is 6.08. The van der Waals surface area contributed by atoms with E-state index in [1.54, 1.807) is 0 Å². The molecular weight excluding hydrogens is 403 g/mol. The highest BCUT2D eigenvalue weighted by Crippen LogP contribution is 2.51. The highest BCUT2D eigenvalue weighted by atomic mass is 19.1. The van der Waals surface area contributed by atoms with Gasteiger partial charge >= 0.3 is 5.97 Å². The van der Waals surface area contributed by atoms with E-state index in [0.717, 1.165) is 33.7 Å². The largest absolute Gasteiger partial charge is 0.478 e. The highest BCUT2D eigenvalue weighted by Gasteiger charge is 2.40. The number of aromatic carboxylic acids is 1. The van der Waals surface area contributed by atoms with Crippen LogP contribution in [0.2, 0.25) is 0 Å². The van der Waals surface area contributed by atoms with Crippen LogP contribution in [0.1, 0.15) is 40.9 Å². The van der Waals surface area contributed by atoms with Crippen LogP contribution in [0.15, 0.2) is 65.8 Å². The average Bonchev–Trinajstić information content (AvgIpc) is 2.74. The Balaban J connectivity index is 2.17. The molecule has 1 N–H and O–H groups in total. The summed E-state index contributed by atoms with van der Waals surface area (Å²) >= 11 is 0. The molecule has 0 bridgehead atoms. The van der Waals surface area contributed by atoms with Crippen LogP contribution in [0.4, 0.5) is 10.1 Å². The molecule has 5 heteroatoms. The summed E-state index contributed by atoms with van der Waals surface area (Å²) in [5.74, 6) is -1.68. The van der Waals surface area contributed by atoms with Gasteiger partial charge in [0.1, 0.15) is 19.9 Å². The van der Waals surface area contributed by atoms with E-state index in [-0.39, 0.29) is 16.5 Å². The summed E-state index contributed by atoms with van der Waals surface area (Å²) < 4.78 is 17.3. The summed E-state index contributed by atoms with van der Waals surface area (Å²) in [5, 5.41) is 9.86. The molecule has 0 saturated heterocycles. The maximum atomic E-state index is 15.3. The lowest BCUT2D eigenvalue weighted by Gasteiger charge is -2.39. The van der Waals surface area contributed by atoms with E-state index in [4.69, 9.17) is 0 Å². The van der Waals surface area contributed by atoms with Crippen molar-refractivity contribution in [3.8, 4) is 0 Å². The minimum absolute atomic E-state index is 0.0371. The van der Waals surface area contributed by atoms with Gasteiger partial charge in [-0.15, -0.1) is 0 Å². The zero-order valence-electron chi connectivity index (χ0n) is 19.3. The monoisotopic (exact) mass is 431 g/mol. The maximum Gasteiger partial charge on any atom is 0.336 e. The van der Waals surface area contributed by atoms with E-state index >= 15 is 4.39 Å². The number of carboxylic acids is 1. The summed E-state index contributed by atoms with van der Waals surface area (Å²) in [7, 11) is 7.94. The fourth-order valence-electron chi connectivity index (χ4n) is 4.61.